The van der Waals surface area contributed by atoms with Crippen LogP contribution in [0, 0.1) is 0 Å². The number of carbonyl (C=O) groups excluding carboxylic acids is 2. The molecular weight excluding hydrogens is 354 g/mol. The van der Waals surface area contributed by atoms with Crippen LogP contribution in [0.1, 0.15) is 45.6 Å². The zero-order valence-corrected chi connectivity index (χ0v) is 16.1. The van der Waals surface area contributed by atoms with E-state index in [2.05, 4.69) is 11.9 Å². The Kier molecular flexibility index (Phi) is 3.79. The minimum Gasteiger partial charge on any atom is -0.351 e. The second-order valence-electron chi connectivity index (χ2n) is 7.80. The number of aromatic nitrogens is 3. The second kappa shape index (κ2) is 6.22. The van der Waals surface area contributed by atoms with Crippen molar-refractivity contribution in [3.63, 3.8) is 0 Å². The molecule has 1 aromatic carbocycles. The van der Waals surface area contributed by atoms with E-state index in [0.29, 0.717) is 30.9 Å². The van der Waals surface area contributed by atoms with E-state index in [1.54, 1.807) is 4.90 Å². The van der Waals surface area contributed by atoms with Crippen molar-refractivity contribution in [2.24, 2.45) is 0 Å². The van der Waals surface area contributed by atoms with Crippen molar-refractivity contribution in [3.8, 4) is 0 Å². The lowest BCUT2D eigenvalue weighted by Gasteiger charge is -2.27. The molecule has 28 heavy (non-hydrogen) atoms. The van der Waals surface area contributed by atoms with Crippen molar-refractivity contribution in [2.75, 3.05) is 13.6 Å². The fourth-order valence-corrected chi connectivity index (χ4v) is 4.23. The number of aryl methyl sites for hydroxylation is 1. The maximum Gasteiger partial charge on any atom is 0.272 e. The molecule has 7 nitrogen and oxygen atoms in total. The number of para-hydroxylation sites is 1. The van der Waals surface area contributed by atoms with Gasteiger partial charge in [0.05, 0.1) is 12.2 Å². The molecular formula is C21H23N5O2. The van der Waals surface area contributed by atoms with Crippen LogP contribution < -0.4 is 0 Å². The van der Waals surface area contributed by atoms with E-state index in [0.717, 1.165) is 35.1 Å². The standard InChI is InChI=1S/C21H23N5O2/c1-13-7-10-26-19(21(28)24(13)2)15-12-25(9-8-17(15)23-26)20(27)18-11-14-5-3-4-6-16(14)22-18/h3-6,11,13,22H,7-10,12H2,1-2H3. The van der Waals surface area contributed by atoms with Crippen LogP contribution in [-0.2, 0) is 19.5 Å². The van der Waals surface area contributed by atoms with E-state index < -0.39 is 0 Å². The number of benzene rings is 1. The van der Waals surface area contributed by atoms with Gasteiger partial charge in [0.2, 0.25) is 0 Å². The second-order valence-corrected chi connectivity index (χ2v) is 7.80. The fraction of sp³-hybridized carbons (Fsp3) is 0.381. The number of H-pyrrole nitrogens is 1. The number of hydrogen-bond acceptors (Lipinski definition) is 3. The lowest BCUT2D eigenvalue weighted by atomic mass is 10.0. The monoisotopic (exact) mass is 377 g/mol. The zero-order valence-electron chi connectivity index (χ0n) is 16.1. The highest BCUT2D eigenvalue weighted by Gasteiger charge is 2.34. The highest BCUT2D eigenvalue weighted by molar-refractivity contribution is 5.99. The van der Waals surface area contributed by atoms with Gasteiger partial charge in [-0.05, 0) is 25.5 Å². The van der Waals surface area contributed by atoms with Crippen molar-refractivity contribution in [1.82, 2.24) is 24.6 Å². The van der Waals surface area contributed by atoms with Gasteiger partial charge in [-0.2, -0.15) is 5.10 Å². The number of rotatable bonds is 1. The molecule has 0 bridgehead atoms. The summed E-state index contributed by atoms with van der Waals surface area (Å²) in [4.78, 5) is 32.9. The summed E-state index contributed by atoms with van der Waals surface area (Å²) < 4.78 is 1.85. The van der Waals surface area contributed by atoms with Gasteiger partial charge in [0, 0.05) is 49.1 Å². The molecule has 1 unspecified atom stereocenters. The summed E-state index contributed by atoms with van der Waals surface area (Å²) in [6.45, 7) is 3.82. The highest BCUT2D eigenvalue weighted by atomic mass is 16.2. The number of hydrogen-bond donors (Lipinski definition) is 1. The predicted octanol–water partition coefficient (Wildman–Crippen LogP) is 2.43. The van der Waals surface area contributed by atoms with Crippen LogP contribution in [0.2, 0.25) is 0 Å². The average Bonchev–Trinajstić information content (AvgIpc) is 3.28. The van der Waals surface area contributed by atoms with Crippen molar-refractivity contribution >= 4 is 22.7 Å². The number of fused-ring (bicyclic) bond motifs is 4. The summed E-state index contributed by atoms with van der Waals surface area (Å²) in [7, 11) is 1.85. The van der Waals surface area contributed by atoms with Gasteiger partial charge in [-0.1, -0.05) is 18.2 Å². The zero-order chi connectivity index (χ0) is 19.4. The Hall–Kier alpha value is -3.09. The summed E-state index contributed by atoms with van der Waals surface area (Å²) >= 11 is 0. The molecule has 0 aliphatic carbocycles. The average molecular weight is 377 g/mol. The molecule has 0 saturated heterocycles. The van der Waals surface area contributed by atoms with E-state index in [9.17, 15) is 9.59 Å². The van der Waals surface area contributed by atoms with Gasteiger partial charge in [0.1, 0.15) is 11.4 Å². The SMILES string of the molecule is CC1CCn2nc3c(c2C(=O)N1C)CN(C(=O)c1cc2ccccc2[nH]1)CC3. The summed E-state index contributed by atoms with van der Waals surface area (Å²) in [5, 5.41) is 5.72. The quantitative estimate of drug-likeness (QED) is 0.708. The van der Waals surface area contributed by atoms with Gasteiger partial charge >= 0.3 is 0 Å². The Morgan fingerprint density at radius 2 is 2.07 bits per heavy atom. The van der Waals surface area contributed by atoms with Crippen molar-refractivity contribution in [2.45, 2.75) is 38.9 Å². The first-order chi connectivity index (χ1) is 13.5. The largest absolute Gasteiger partial charge is 0.351 e. The Morgan fingerprint density at radius 3 is 2.89 bits per heavy atom. The molecule has 2 aliphatic heterocycles. The molecule has 5 rings (SSSR count). The van der Waals surface area contributed by atoms with Gasteiger partial charge in [0.15, 0.2) is 0 Å². The van der Waals surface area contributed by atoms with Gasteiger partial charge in [-0.15, -0.1) is 0 Å². The van der Waals surface area contributed by atoms with Crippen molar-refractivity contribution in [3.05, 3.63) is 53.0 Å². The molecule has 1 N–H and O–H groups in total. The maximum atomic E-state index is 13.1. The van der Waals surface area contributed by atoms with Crippen LogP contribution in [0.15, 0.2) is 30.3 Å². The van der Waals surface area contributed by atoms with Gasteiger partial charge in [-0.3, -0.25) is 14.3 Å². The first kappa shape index (κ1) is 17.0. The Morgan fingerprint density at radius 1 is 1.25 bits per heavy atom. The molecule has 1 atom stereocenters. The molecule has 0 saturated carbocycles. The Bertz CT molecular complexity index is 1060. The molecule has 144 valence electrons. The van der Waals surface area contributed by atoms with Crippen molar-refractivity contribution in [1.29, 1.82) is 0 Å². The number of nitrogens with one attached hydrogen (secondary N) is 1. The normalized spacial score (nSPS) is 19.5. The van der Waals surface area contributed by atoms with Gasteiger partial charge in [0.25, 0.3) is 11.8 Å². The lowest BCUT2D eigenvalue weighted by Crippen LogP contribution is -2.38. The first-order valence-electron chi connectivity index (χ1n) is 9.75. The molecule has 2 aliphatic rings. The van der Waals surface area contributed by atoms with E-state index in [-0.39, 0.29) is 17.9 Å². The van der Waals surface area contributed by atoms with E-state index in [1.807, 2.05) is 47.0 Å². The third-order valence-electron chi connectivity index (χ3n) is 6.09. The first-order valence-corrected chi connectivity index (χ1v) is 9.75. The fourth-order valence-electron chi connectivity index (χ4n) is 4.23. The number of amides is 2. The molecule has 2 amide bonds. The smallest absolute Gasteiger partial charge is 0.272 e. The third kappa shape index (κ3) is 2.53. The minimum absolute atomic E-state index is 0.00124. The number of nitrogens with zero attached hydrogens (tertiary/aromatic N) is 4. The van der Waals surface area contributed by atoms with Crippen molar-refractivity contribution < 1.29 is 9.59 Å². The Labute approximate surface area is 162 Å². The lowest BCUT2D eigenvalue weighted by molar-refractivity contribution is 0.0708. The summed E-state index contributed by atoms with van der Waals surface area (Å²) in [6, 6.07) is 9.94. The third-order valence-corrected chi connectivity index (χ3v) is 6.09. The van der Waals surface area contributed by atoms with E-state index >= 15 is 0 Å². The van der Waals surface area contributed by atoms with Crippen LogP contribution in [-0.4, -0.2) is 56.0 Å². The summed E-state index contributed by atoms with van der Waals surface area (Å²) in [5.74, 6) is -0.0387. The summed E-state index contributed by atoms with van der Waals surface area (Å²) in [6.07, 6.45) is 1.56. The highest BCUT2D eigenvalue weighted by Crippen LogP contribution is 2.28. The summed E-state index contributed by atoms with van der Waals surface area (Å²) in [5.41, 5.74) is 4.04. The molecule has 2 aromatic heterocycles. The van der Waals surface area contributed by atoms with Gasteiger partial charge < -0.3 is 14.8 Å². The molecule has 0 fully saturated rings. The van der Waals surface area contributed by atoms with Gasteiger partial charge in [-0.25, -0.2) is 0 Å². The van der Waals surface area contributed by atoms with Crippen LogP contribution in [0.5, 0.6) is 0 Å². The van der Waals surface area contributed by atoms with Crippen LogP contribution in [0.25, 0.3) is 10.9 Å². The molecule has 0 radical (unpaired) electrons. The number of aromatic amines is 1. The minimum atomic E-state index is -0.0374. The van der Waals surface area contributed by atoms with Crippen LogP contribution in [0.4, 0.5) is 0 Å². The molecule has 7 heteroatoms. The van der Waals surface area contributed by atoms with E-state index in [4.69, 9.17) is 5.10 Å². The predicted molar refractivity (Wildman–Crippen MR) is 105 cm³/mol. The van der Waals surface area contributed by atoms with Crippen LogP contribution >= 0.6 is 0 Å². The molecule has 0 spiro atoms. The topological polar surface area (TPSA) is 74.2 Å². The Balaban J connectivity index is 1.47. The van der Waals surface area contributed by atoms with E-state index in [1.165, 1.54) is 0 Å². The maximum absolute atomic E-state index is 13.1. The molecule has 3 aromatic rings. The molecule has 4 heterocycles. The van der Waals surface area contributed by atoms with Crippen LogP contribution in [0.3, 0.4) is 0 Å². The number of carbonyl (C=O) groups is 2.